The molecule has 32 heavy (non-hydrogen) atoms. The lowest BCUT2D eigenvalue weighted by Crippen LogP contribution is -2.10. The topological polar surface area (TPSA) is 43.2 Å². The van der Waals surface area contributed by atoms with Gasteiger partial charge < -0.3 is 14.2 Å². The summed E-state index contributed by atoms with van der Waals surface area (Å²) >= 11 is 0. The van der Waals surface area contributed by atoms with Gasteiger partial charge in [0.15, 0.2) is 0 Å². The normalized spacial score (nSPS) is 14.2. The molecule has 0 bridgehead atoms. The van der Waals surface area contributed by atoms with E-state index in [-0.39, 0.29) is 0 Å². The summed E-state index contributed by atoms with van der Waals surface area (Å²) < 4.78 is 7.86. The number of fused-ring (bicyclic) bond motifs is 1. The SMILES string of the molecule is CN(C)Cc1cccc(-c2cc3c(ccn3Cc3cccnc3)c(C3=CCOCC3)n2)c1. The minimum absolute atomic E-state index is 0.650. The molecule has 5 nitrogen and oxygen atoms in total. The summed E-state index contributed by atoms with van der Waals surface area (Å²) in [6.07, 6.45) is 8.97. The largest absolute Gasteiger partial charge is 0.377 e. The Morgan fingerprint density at radius 2 is 1.97 bits per heavy atom. The molecule has 3 aromatic heterocycles. The Balaban J connectivity index is 1.64. The van der Waals surface area contributed by atoms with Crippen LogP contribution in [0.5, 0.6) is 0 Å². The Morgan fingerprint density at radius 1 is 1.06 bits per heavy atom. The Labute approximate surface area is 189 Å². The zero-order valence-electron chi connectivity index (χ0n) is 18.7. The van der Waals surface area contributed by atoms with Crippen molar-refractivity contribution in [2.75, 3.05) is 27.3 Å². The van der Waals surface area contributed by atoms with E-state index in [0.29, 0.717) is 6.61 Å². The van der Waals surface area contributed by atoms with Crippen LogP contribution in [0.2, 0.25) is 0 Å². The maximum absolute atomic E-state index is 5.56. The van der Waals surface area contributed by atoms with Crippen LogP contribution < -0.4 is 0 Å². The minimum atomic E-state index is 0.650. The summed E-state index contributed by atoms with van der Waals surface area (Å²) in [5, 5.41) is 1.19. The first-order valence-corrected chi connectivity index (χ1v) is 11.1. The molecule has 1 aliphatic rings. The molecule has 4 aromatic rings. The molecule has 0 atom stereocenters. The molecule has 162 valence electrons. The van der Waals surface area contributed by atoms with E-state index in [1.54, 1.807) is 0 Å². The first kappa shape index (κ1) is 20.6. The van der Waals surface area contributed by atoms with Crippen molar-refractivity contribution in [2.24, 2.45) is 0 Å². The number of hydrogen-bond acceptors (Lipinski definition) is 4. The van der Waals surface area contributed by atoms with Crippen LogP contribution in [0.1, 0.15) is 23.2 Å². The lowest BCUT2D eigenvalue weighted by Gasteiger charge is -2.16. The van der Waals surface area contributed by atoms with Gasteiger partial charge in [-0.3, -0.25) is 4.98 Å². The van der Waals surface area contributed by atoms with E-state index in [0.717, 1.165) is 43.1 Å². The molecule has 0 spiro atoms. The third-order valence-corrected chi connectivity index (χ3v) is 5.83. The van der Waals surface area contributed by atoms with Gasteiger partial charge in [0.25, 0.3) is 0 Å². The minimum Gasteiger partial charge on any atom is -0.377 e. The van der Waals surface area contributed by atoms with Gasteiger partial charge in [0.05, 0.1) is 30.1 Å². The molecule has 0 unspecified atom stereocenters. The number of aromatic nitrogens is 3. The average Bonchev–Trinajstić information content (AvgIpc) is 3.22. The van der Waals surface area contributed by atoms with Gasteiger partial charge in [0.1, 0.15) is 0 Å². The molecule has 1 aliphatic heterocycles. The predicted molar refractivity (Wildman–Crippen MR) is 129 cm³/mol. The molecule has 0 saturated heterocycles. The highest BCUT2D eigenvalue weighted by atomic mass is 16.5. The molecule has 4 heterocycles. The fourth-order valence-corrected chi connectivity index (χ4v) is 4.34. The highest BCUT2D eigenvalue weighted by Crippen LogP contribution is 2.32. The number of nitrogens with zero attached hydrogens (tertiary/aromatic N) is 4. The summed E-state index contributed by atoms with van der Waals surface area (Å²) in [6.45, 7) is 3.08. The third-order valence-electron chi connectivity index (χ3n) is 5.83. The Hall–Kier alpha value is -3.28. The molecule has 0 amide bonds. The van der Waals surface area contributed by atoms with Crippen molar-refractivity contribution in [3.63, 3.8) is 0 Å². The smallest absolute Gasteiger partial charge is 0.0761 e. The molecule has 0 radical (unpaired) electrons. The van der Waals surface area contributed by atoms with Crippen LogP contribution in [0, 0.1) is 0 Å². The van der Waals surface area contributed by atoms with Crippen LogP contribution >= 0.6 is 0 Å². The molecule has 0 aliphatic carbocycles. The maximum Gasteiger partial charge on any atom is 0.0761 e. The zero-order valence-corrected chi connectivity index (χ0v) is 18.7. The van der Waals surface area contributed by atoms with Crippen molar-refractivity contribution < 1.29 is 4.74 Å². The van der Waals surface area contributed by atoms with Gasteiger partial charge in [-0.1, -0.05) is 30.3 Å². The second-order valence-corrected chi connectivity index (χ2v) is 8.59. The van der Waals surface area contributed by atoms with Crippen molar-refractivity contribution in [2.45, 2.75) is 19.5 Å². The molecule has 0 N–H and O–H groups in total. The second-order valence-electron chi connectivity index (χ2n) is 8.59. The number of rotatable bonds is 6. The van der Waals surface area contributed by atoms with Crippen molar-refractivity contribution in [3.05, 3.63) is 90.0 Å². The van der Waals surface area contributed by atoms with Crippen LogP contribution in [0.25, 0.3) is 27.7 Å². The highest BCUT2D eigenvalue weighted by Gasteiger charge is 2.17. The number of benzene rings is 1. The van der Waals surface area contributed by atoms with Gasteiger partial charge >= 0.3 is 0 Å². The average molecular weight is 425 g/mol. The number of pyridine rings is 2. The van der Waals surface area contributed by atoms with E-state index in [2.05, 4.69) is 83.3 Å². The van der Waals surface area contributed by atoms with Gasteiger partial charge in [-0.15, -0.1) is 0 Å². The lowest BCUT2D eigenvalue weighted by molar-refractivity contribution is 0.161. The van der Waals surface area contributed by atoms with E-state index in [1.165, 1.54) is 27.6 Å². The van der Waals surface area contributed by atoms with Crippen molar-refractivity contribution in [1.82, 2.24) is 19.4 Å². The van der Waals surface area contributed by atoms with E-state index in [1.807, 2.05) is 18.5 Å². The van der Waals surface area contributed by atoms with Crippen molar-refractivity contribution in [1.29, 1.82) is 0 Å². The molecular weight excluding hydrogens is 396 g/mol. The first-order valence-electron chi connectivity index (χ1n) is 11.1. The summed E-state index contributed by atoms with van der Waals surface area (Å²) in [4.78, 5) is 11.6. The summed E-state index contributed by atoms with van der Waals surface area (Å²) in [6, 6.07) is 17.2. The standard InChI is InChI=1S/C27H28N4O/c1-30(2)18-20-5-3-7-23(15-20)25-16-26-24(27(29-25)22-9-13-32-14-10-22)8-12-31(26)19-21-6-4-11-28-17-21/h3-9,11-12,15-17H,10,13-14,18-19H2,1-2H3. The molecule has 0 saturated carbocycles. The monoisotopic (exact) mass is 424 g/mol. The summed E-state index contributed by atoms with van der Waals surface area (Å²) in [5.74, 6) is 0. The number of ether oxygens (including phenoxy) is 1. The third kappa shape index (κ3) is 4.35. The van der Waals surface area contributed by atoms with Crippen LogP contribution in [0.3, 0.4) is 0 Å². The van der Waals surface area contributed by atoms with Crippen LogP contribution in [0.4, 0.5) is 0 Å². The summed E-state index contributed by atoms with van der Waals surface area (Å²) in [7, 11) is 4.19. The van der Waals surface area contributed by atoms with Gasteiger partial charge in [-0.05, 0) is 61.5 Å². The van der Waals surface area contributed by atoms with Crippen molar-refractivity contribution >= 4 is 16.5 Å². The van der Waals surface area contributed by atoms with E-state index in [9.17, 15) is 0 Å². The van der Waals surface area contributed by atoms with Gasteiger partial charge in [0, 0.05) is 42.6 Å². The Bertz CT molecular complexity index is 1260. The van der Waals surface area contributed by atoms with Crippen LogP contribution in [-0.2, 0) is 17.8 Å². The lowest BCUT2D eigenvalue weighted by atomic mass is 10.0. The Kier molecular flexibility index (Phi) is 5.84. The summed E-state index contributed by atoms with van der Waals surface area (Å²) in [5.41, 5.74) is 8.16. The molecule has 0 fully saturated rings. The maximum atomic E-state index is 5.56. The van der Waals surface area contributed by atoms with Crippen molar-refractivity contribution in [3.8, 4) is 11.3 Å². The van der Waals surface area contributed by atoms with Crippen LogP contribution in [-0.4, -0.2) is 46.7 Å². The molecular formula is C27H28N4O. The molecule has 1 aromatic carbocycles. The fraction of sp³-hybridized carbons (Fsp3) is 0.259. The number of hydrogen-bond donors (Lipinski definition) is 0. The van der Waals surface area contributed by atoms with E-state index < -0.39 is 0 Å². The molecule has 5 heteroatoms. The highest BCUT2D eigenvalue weighted by molar-refractivity contribution is 5.93. The van der Waals surface area contributed by atoms with Crippen LogP contribution in [0.15, 0.2) is 73.2 Å². The first-order chi connectivity index (χ1) is 15.7. The van der Waals surface area contributed by atoms with Gasteiger partial charge in [0.2, 0.25) is 0 Å². The fourth-order valence-electron chi connectivity index (χ4n) is 4.34. The van der Waals surface area contributed by atoms with E-state index >= 15 is 0 Å². The predicted octanol–water partition coefficient (Wildman–Crippen LogP) is 5.01. The second kappa shape index (κ2) is 9.07. The quantitative estimate of drug-likeness (QED) is 0.436. The Morgan fingerprint density at radius 3 is 2.75 bits per heavy atom. The molecule has 5 rings (SSSR count). The van der Waals surface area contributed by atoms with E-state index in [4.69, 9.17) is 9.72 Å². The van der Waals surface area contributed by atoms with Gasteiger partial charge in [-0.25, -0.2) is 4.98 Å². The zero-order chi connectivity index (χ0) is 21.9. The van der Waals surface area contributed by atoms with Gasteiger partial charge in [-0.2, -0.15) is 0 Å².